The summed E-state index contributed by atoms with van der Waals surface area (Å²) in [6.07, 6.45) is 1.27. The maximum absolute atomic E-state index is 8.92. The lowest BCUT2D eigenvalue weighted by molar-refractivity contribution is 0.113. The third-order valence-electron chi connectivity index (χ3n) is 3.34. The van der Waals surface area contributed by atoms with Crippen LogP contribution in [0.4, 0.5) is 0 Å². The van der Waals surface area contributed by atoms with Crippen molar-refractivity contribution in [2.45, 2.75) is 32.0 Å². The number of hydrogen-bond donors (Lipinski definition) is 1. The first-order valence-electron chi connectivity index (χ1n) is 6.16. The Labute approximate surface area is 108 Å². The predicted molar refractivity (Wildman–Crippen MR) is 68.4 cm³/mol. The van der Waals surface area contributed by atoms with Crippen LogP contribution in [-0.4, -0.2) is 25.9 Å². The number of nitriles is 1. The van der Waals surface area contributed by atoms with Crippen LogP contribution in [0.5, 0.6) is 5.75 Å². The molecule has 96 valence electrons. The summed E-state index contributed by atoms with van der Waals surface area (Å²) in [5, 5.41) is 12.4. The minimum atomic E-state index is 0.246. The van der Waals surface area contributed by atoms with Crippen LogP contribution in [0.3, 0.4) is 0 Å². The molecule has 1 aliphatic rings. The Morgan fingerprint density at radius 2 is 2.39 bits per heavy atom. The van der Waals surface area contributed by atoms with Gasteiger partial charge in [0.25, 0.3) is 0 Å². The first-order chi connectivity index (χ1) is 8.74. The molecule has 2 atom stereocenters. The quantitative estimate of drug-likeness (QED) is 0.880. The fourth-order valence-electron chi connectivity index (χ4n) is 2.23. The molecule has 4 heteroatoms. The number of rotatable bonds is 4. The number of methoxy groups -OCH3 is 1. The summed E-state index contributed by atoms with van der Waals surface area (Å²) in [4.78, 5) is 0. The van der Waals surface area contributed by atoms with Gasteiger partial charge in [-0.25, -0.2) is 0 Å². The molecular weight excluding hydrogens is 228 g/mol. The number of hydrogen-bond acceptors (Lipinski definition) is 4. The van der Waals surface area contributed by atoms with E-state index in [0.29, 0.717) is 18.2 Å². The monoisotopic (exact) mass is 246 g/mol. The van der Waals surface area contributed by atoms with Gasteiger partial charge >= 0.3 is 0 Å². The van der Waals surface area contributed by atoms with Gasteiger partial charge in [-0.1, -0.05) is 0 Å². The molecule has 0 aliphatic carbocycles. The average molecular weight is 246 g/mol. The van der Waals surface area contributed by atoms with Gasteiger partial charge in [-0.15, -0.1) is 0 Å². The van der Waals surface area contributed by atoms with Gasteiger partial charge in [0.1, 0.15) is 5.75 Å². The molecule has 1 heterocycles. The smallest absolute Gasteiger partial charge is 0.123 e. The second kappa shape index (κ2) is 5.85. The summed E-state index contributed by atoms with van der Waals surface area (Å²) < 4.78 is 10.8. The molecule has 1 aliphatic heterocycles. The highest BCUT2D eigenvalue weighted by Crippen LogP contribution is 2.21. The SMILES string of the molecule is COc1ccc(C#N)cc1CNC1CCOC1C. The molecule has 4 nitrogen and oxygen atoms in total. The summed E-state index contributed by atoms with van der Waals surface area (Å²) in [5.74, 6) is 0.813. The summed E-state index contributed by atoms with van der Waals surface area (Å²) >= 11 is 0. The van der Waals surface area contributed by atoms with Crippen molar-refractivity contribution in [1.29, 1.82) is 5.26 Å². The van der Waals surface area contributed by atoms with Crippen molar-refractivity contribution in [3.8, 4) is 11.8 Å². The molecular formula is C14H18N2O2. The van der Waals surface area contributed by atoms with Crippen LogP contribution in [0.15, 0.2) is 18.2 Å². The number of ether oxygens (including phenoxy) is 2. The lowest BCUT2D eigenvalue weighted by Crippen LogP contribution is -2.34. The molecule has 0 aromatic heterocycles. The lowest BCUT2D eigenvalue weighted by Gasteiger charge is -2.17. The minimum absolute atomic E-state index is 0.246. The first-order valence-corrected chi connectivity index (χ1v) is 6.16. The van der Waals surface area contributed by atoms with E-state index in [1.807, 2.05) is 12.1 Å². The van der Waals surface area contributed by atoms with Crippen molar-refractivity contribution in [3.63, 3.8) is 0 Å². The molecule has 18 heavy (non-hydrogen) atoms. The Morgan fingerprint density at radius 1 is 1.56 bits per heavy atom. The Balaban J connectivity index is 2.05. The van der Waals surface area contributed by atoms with E-state index in [2.05, 4.69) is 18.3 Å². The fourth-order valence-corrected chi connectivity index (χ4v) is 2.23. The van der Waals surface area contributed by atoms with Crippen molar-refractivity contribution in [2.24, 2.45) is 0 Å². The molecule has 0 spiro atoms. The molecule has 2 rings (SSSR count). The van der Waals surface area contributed by atoms with E-state index in [1.165, 1.54) is 0 Å². The van der Waals surface area contributed by atoms with Gasteiger partial charge in [0, 0.05) is 24.8 Å². The van der Waals surface area contributed by atoms with Crippen molar-refractivity contribution in [1.82, 2.24) is 5.32 Å². The zero-order valence-corrected chi connectivity index (χ0v) is 10.8. The second-order valence-electron chi connectivity index (χ2n) is 4.49. The molecule has 1 aromatic rings. The molecule has 2 unspecified atom stereocenters. The van der Waals surface area contributed by atoms with Crippen molar-refractivity contribution in [2.75, 3.05) is 13.7 Å². The largest absolute Gasteiger partial charge is 0.496 e. The molecule has 0 radical (unpaired) electrons. The fraction of sp³-hybridized carbons (Fsp3) is 0.500. The van der Waals surface area contributed by atoms with Crippen LogP contribution in [0, 0.1) is 11.3 Å². The van der Waals surface area contributed by atoms with Crippen LogP contribution in [0.25, 0.3) is 0 Å². The van der Waals surface area contributed by atoms with Gasteiger partial charge in [0.05, 0.1) is 24.8 Å². The zero-order chi connectivity index (χ0) is 13.0. The highest BCUT2D eigenvalue weighted by atomic mass is 16.5. The summed E-state index contributed by atoms with van der Waals surface area (Å²) in [7, 11) is 1.65. The standard InChI is InChI=1S/C14H18N2O2/c1-10-13(5-6-18-10)16-9-12-7-11(8-15)3-4-14(12)17-2/h3-4,7,10,13,16H,5-6,9H2,1-2H3. The Kier molecular flexibility index (Phi) is 4.19. The summed E-state index contributed by atoms with van der Waals surface area (Å²) in [6.45, 7) is 3.58. The van der Waals surface area contributed by atoms with Crippen molar-refractivity contribution < 1.29 is 9.47 Å². The molecule has 1 aromatic carbocycles. The van der Waals surface area contributed by atoms with E-state index >= 15 is 0 Å². The van der Waals surface area contributed by atoms with E-state index in [9.17, 15) is 0 Å². The Bertz CT molecular complexity index is 454. The minimum Gasteiger partial charge on any atom is -0.496 e. The van der Waals surface area contributed by atoms with Gasteiger partial charge in [0.15, 0.2) is 0 Å². The van der Waals surface area contributed by atoms with Crippen LogP contribution < -0.4 is 10.1 Å². The van der Waals surface area contributed by atoms with Gasteiger partial charge in [-0.3, -0.25) is 0 Å². The summed E-state index contributed by atoms with van der Waals surface area (Å²) in [5.41, 5.74) is 1.67. The molecule has 1 N–H and O–H groups in total. The molecule has 0 saturated carbocycles. The lowest BCUT2D eigenvalue weighted by atomic mass is 10.1. The number of benzene rings is 1. The second-order valence-corrected chi connectivity index (χ2v) is 4.49. The highest BCUT2D eigenvalue weighted by Gasteiger charge is 2.23. The predicted octanol–water partition coefficient (Wildman–Crippen LogP) is 1.83. The van der Waals surface area contributed by atoms with E-state index in [4.69, 9.17) is 14.7 Å². The molecule has 0 amide bonds. The maximum atomic E-state index is 8.92. The molecule has 0 bridgehead atoms. The van der Waals surface area contributed by atoms with E-state index in [-0.39, 0.29) is 6.10 Å². The molecule has 1 fully saturated rings. The van der Waals surface area contributed by atoms with Gasteiger partial charge in [-0.05, 0) is 31.5 Å². The Hall–Kier alpha value is -1.57. The summed E-state index contributed by atoms with van der Waals surface area (Å²) in [6, 6.07) is 8.00. The third-order valence-corrected chi connectivity index (χ3v) is 3.34. The van der Waals surface area contributed by atoms with Crippen LogP contribution >= 0.6 is 0 Å². The van der Waals surface area contributed by atoms with Crippen LogP contribution in [0.1, 0.15) is 24.5 Å². The number of nitrogens with zero attached hydrogens (tertiary/aromatic N) is 1. The van der Waals surface area contributed by atoms with E-state index in [1.54, 1.807) is 13.2 Å². The third kappa shape index (κ3) is 2.81. The van der Waals surface area contributed by atoms with Crippen LogP contribution in [0.2, 0.25) is 0 Å². The zero-order valence-electron chi connectivity index (χ0n) is 10.8. The van der Waals surface area contributed by atoms with Crippen LogP contribution in [-0.2, 0) is 11.3 Å². The van der Waals surface area contributed by atoms with E-state index < -0.39 is 0 Å². The van der Waals surface area contributed by atoms with Gasteiger partial charge in [0.2, 0.25) is 0 Å². The van der Waals surface area contributed by atoms with Gasteiger partial charge < -0.3 is 14.8 Å². The first kappa shape index (κ1) is 12.9. The Morgan fingerprint density at radius 3 is 3.00 bits per heavy atom. The average Bonchev–Trinajstić information content (AvgIpc) is 2.81. The normalized spacial score (nSPS) is 22.7. The highest BCUT2D eigenvalue weighted by molar-refractivity contribution is 5.42. The van der Waals surface area contributed by atoms with Crippen molar-refractivity contribution in [3.05, 3.63) is 29.3 Å². The van der Waals surface area contributed by atoms with Crippen molar-refractivity contribution >= 4 is 0 Å². The topological polar surface area (TPSA) is 54.3 Å². The van der Waals surface area contributed by atoms with Gasteiger partial charge in [-0.2, -0.15) is 5.26 Å². The number of nitrogens with one attached hydrogen (secondary N) is 1. The van der Waals surface area contributed by atoms with E-state index in [0.717, 1.165) is 24.3 Å². The maximum Gasteiger partial charge on any atom is 0.123 e. The molecule has 1 saturated heterocycles.